The van der Waals surface area contributed by atoms with Crippen LogP contribution in [0.2, 0.25) is 0 Å². The molecule has 0 bridgehead atoms. The molecule has 1 heterocycles. The topological polar surface area (TPSA) is 49.9 Å². The number of carbonyl (C=O) groups is 2. The van der Waals surface area contributed by atoms with Crippen LogP contribution in [-0.4, -0.2) is 54.4 Å². The van der Waals surface area contributed by atoms with Crippen molar-refractivity contribution in [3.63, 3.8) is 0 Å². The number of alkyl halides is 1. The normalized spacial score (nSPS) is 17.4. The van der Waals surface area contributed by atoms with Gasteiger partial charge in [-0.25, -0.2) is 4.79 Å². The van der Waals surface area contributed by atoms with E-state index in [-0.39, 0.29) is 30.4 Å². The van der Waals surface area contributed by atoms with Gasteiger partial charge in [0.2, 0.25) is 5.91 Å². The van der Waals surface area contributed by atoms with Gasteiger partial charge in [-0.2, -0.15) is 0 Å². The van der Waals surface area contributed by atoms with Crippen molar-refractivity contribution in [2.75, 3.05) is 32.6 Å². The van der Waals surface area contributed by atoms with E-state index < -0.39 is 0 Å². The van der Waals surface area contributed by atoms with E-state index in [1.54, 1.807) is 16.8 Å². The Morgan fingerprint density at radius 3 is 2.77 bits per heavy atom. The van der Waals surface area contributed by atoms with Gasteiger partial charge in [0.1, 0.15) is 12.5 Å². The average molecular weight is 325 g/mol. The van der Waals surface area contributed by atoms with E-state index >= 15 is 0 Å². The molecule has 0 N–H and O–H groups in total. The lowest BCUT2D eigenvalue weighted by Crippen LogP contribution is -2.35. The van der Waals surface area contributed by atoms with Gasteiger partial charge >= 0.3 is 6.09 Å². The molecule has 1 saturated heterocycles. The summed E-state index contributed by atoms with van der Waals surface area (Å²) in [6.45, 7) is 2.22. The number of benzene rings is 1. The molecular formula is C16H21ClN2O3. The van der Waals surface area contributed by atoms with Crippen molar-refractivity contribution in [3.05, 3.63) is 35.9 Å². The van der Waals surface area contributed by atoms with Crippen molar-refractivity contribution < 1.29 is 14.3 Å². The number of amides is 2. The summed E-state index contributed by atoms with van der Waals surface area (Å²) in [4.78, 5) is 26.8. The molecule has 120 valence electrons. The number of likely N-dealkylation sites (tertiary alicyclic amines) is 1. The summed E-state index contributed by atoms with van der Waals surface area (Å²) in [6.07, 6.45) is 0.546. The molecule has 1 aliphatic heterocycles. The lowest BCUT2D eigenvalue weighted by molar-refractivity contribution is -0.127. The summed E-state index contributed by atoms with van der Waals surface area (Å²) < 4.78 is 5.28. The van der Waals surface area contributed by atoms with Gasteiger partial charge < -0.3 is 14.5 Å². The van der Waals surface area contributed by atoms with E-state index in [0.717, 1.165) is 12.0 Å². The number of halogens is 1. The molecule has 0 spiro atoms. The fourth-order valence-corrected chi connectivity index (χ4v) is 2.75. The Labute approximate surface area is 135 Å². The molecule has 2 rings (SSSR count). The Hall–Kier alpha value is -1.75. The number of ether oxygens (including phenoxy) is 1. The van der Waals surface area contributed by atoms with Gasteiger partial charge in [0, 0.05) is 26.7 Å². The van der Waals surface area contributed by atoms with Crippen LogP contribution in [0.4, 0.5) is 4.79 Å². The van der Waals surface area contributed by atoms with Gasteiger partial charge in [-0.1, -0.05) is 30.3 Å². The molecule has 0 radical (unpaired) electrons. The van der Waals surface area contributed by atoms with Crippen molar-refractivity contribution in [3.8, 4) is 0 Å². The number of hydrogen-bond donors (Lipinski definition) is 0. The van der Waals surface area contributed by atoms with Crippen molar-refractivity contribution >= 4 is 23.6 Å². The van der Waals surface area contributed by atoms with Crippen LogP contribution < -0.4 is 0 Å². The van der Waals surface area contributed by atoms with Crippen molar-refractivity contribution in [1.29, 1.82) is 0 Å². The third kappa shape index (κ3) is 4.63. The molecule has 6 heteroatoms. The fourth-order valence-electron chi connectivity index (χ4n) is 2.58. The summed E-state index contributed by atoms with van der Waals surface area (Å²) in [5.74, 6) is 0.252. The molecule has 2 amide bonds. The van der Waals surface area contributed by atoms with Crippen LogP contribution >= 0.6 is 11.6 Å². The van der Waals surface area contributed by atoms with Crippen molar-refractivity contribution in [2.45, 2.75) is 13.0 Å². The lowest BCUT2D eigenvalue weighted by atomic mass is 10.1. The quantitative estimate of drug-likeness (QED) is 0.781. The molecule has 0 unspecified atom stereocenters. The Balaban J connectivity index is 1.74. The van der Waals surface area contributed by atoms with Gasteiger partial charge in [-0.05, 0) is 17.9 Å². The zero-order valence-electron chi connectivity index (χ0n) is 12.7. The first-order valence-corrected chi connectivity index (χ1v) is 7.89. The Bertz CT molecular complexity index is 509. The minimum Gasteiger partial charge on any atom is -0.445 e. The van der Waals surface area contributed by atoms with Crippen molar-refractivity contribution in [2.24, 2.45) is 5.92 Å². The summed E-state index contributed by atoms with van der Waals surface area (Å²) in [5, 5.41) is 0. The maximum Gasteiger partial charge on any atom is 0.409 e. The summed E-state index contributed by atoms with van der Waals surface area (Å²) in [7, 11) is 1.72. The van der Waals surface area contributed by atoms with E-state index in [1.165, 1.54) is 0 Å². The summed E-state index contributed by atoms with van der Waals surface area (Å²) >= 11 is 5.56. The highest BCUT2D eigenvalue weighted by Crippen LogP contribution is 2.18. The molecule has 0 aromatic heterocycles. The second-order valence-corrected chi connectivity index (χ2v) is 5.82. The van der Waals surface area contributed by atoms with Crippen LogP contribution in [0.3, 0.4) is 0 Å². The number of nitrogens with zero attached hydrogens (tertiary/aromatic N) is 2. The maximum absolute atomic E-state index is 12.0. The number of hydrogen-bond acceptors (Lipinski definition) is 3. The number of carbonyl (C=O) groups excluding carboxylic acids is 2. The second kappa shape index (κ2) is 8.03. The van der Waals surface area contributed by atoms with Crippen LogP contribution in [0, 0.1) is 5.92 Å². The van der Waals surface area contributed by atoms with E-state index in [0.29, 0.717) is 19.6 Å². The highest BCUT2D eigenvalue weighted by Gasteiger charge is 2.27. The molecule has 0 saturated carbocycles. The monoisotopic (exact) mass is 324 g/mol. The zero-order chi connectivity index (χ0) is 15.9. The molecule has 22 heavy (non-hydrogen) atoms. The van der Waals surface area contributed by atoms with Crippen LogP contribution in [0.1, 0.15) is 12.0 Å². The number of rotatable bonds is 5. The molecule has 0 aliphatic carbocycles. The maximum atomic E-state index is 12.0. The van der Waals surface area contributed by atoms with Crippen LogP contribution in [-0.2, 0) is 16.1 Å². The van der Waals surface area contributed by atoms with Gasteiger partial charge in [0.25, 0.3) is 0 Å². The minimum absolute atomic E-state index is 0.0156. The van der Waals surface area contributed by atoms with Gasteiger partial charge in [0.15, 0.2) is 0 Å². The predicted octanol–water partition coefficient (Wildman–Crippen LogP) is 2.34. The molecule has 1 atom stereocenters. The minimum atomic E-state index is -0.342. The first-order chi connectivity index (χ1) is 10.6. The van der Waals surface area contributed by atoms with Crippen LogP contribution in [0.25, 0.3) is 0 Å². The Kier molecular flexibility index (Phi) is 6.07. The summed E-state index contributed by atoms with van der Waals surface area (Å²) in [5.41, 5.74) is 0.962. The Morgan fingerprint density at radius 2 is 2.09 bits per heavy atom. The molecule has 5 nitrogen and oxygen atoms in total. The van der Waals surface area contributed by atoms with E-state index in [9.17, 15) is 9.59 Å². The third-order valence-electron chi connectivity index (χ3n) is 3.80. The second-order valence-electron chi connectivity index (χ2n) is 5.55. The molecule has 1 aromatic rings. The Morgan fingerprint density at radius 1 is 1.36 bits per heavy atom. The fraction of sp³-hybridized carbons (Fsp3) is 0.500. The van der Waals surface area contributed by atoms with Gasteiger partial charge in [0.05, 0.1) is 0 Å². The van der Waals surface area contributed by atoms with Crippen LogP contribution in [0.5, 0.6) is 0 Å². The van der Waals surface area contributed by atoms with E-state index in [2.05, 4.69) is 0 Å². The first-order valence-electron chi connectivity index (χ1n) is 7.35. The molecular weight excluding hydrogens is 304 g/mol. The van der Waals surface area contributed by atoms with Gasteiger partial charge in [-0.3, -0.25) is 4.79 Å². The van der Waals surface area contributed by atoms with Gasteiger partial charge in [-0.15, -0.1) is 11.6 Å². The predicted molar refractivity (Wildman–Crippen MR) is 84.7 cm³/mol. The van der Waals surface area contributed by atoms with Crippen molar-refractivity contribution in [1.82, 2.24) is 9.80 Å². The van der Waals surface area contributed by atoms with Crippen LogP contribution in [0.15, 0.2) is 30.3 Å². The van der Waals surface area contributed by atoms with E-state index in [1.807, 2.05) is 30.3 Å². The smallest absolute Gasteiger partial charge is 0.409 e. The molecule has 1 aliphatic rings. The van der Waals surface area contributed by atoms with E-state index in [4.69, 9.17) is 16.3 Å². The average Bonchev–Trinajstić information content (AvgIpc) is 3.01. The molecule has 1 fully saturated rings. The highest BCUT2D eigenvalue weighted by molar-refractivity contribution is 6.27. The summed E-state index contributed by atoms with van der Waals surface area (Å²) in [6, 6.07) is 9.58. The third-order valence-corrected chi connectivity index (χ3v) is 4.03. The first kappa shape index (κ1) is 16.6. The highest BCUT2D eigenvalue weighted by atomic mass is 35.5. The zero-order valence-corrected chi connectivity index (χ0v) is 13.5. The largest absolute Gasteiger partial charge is 0.445 e. The standard InChI is InChI=1S/C16H21ClN2O3/c1-18(10-14-7-8-19(11-14)15(20)9-17)16(21)22-12-13-5-3-2-4-6-13/h2-6,14H,7-12H2,1H3/t14-/m1/s1. The lowest BCUT2D eigenvalue weighted by Gasteiger charge is -2.21. The SMILES string of the molecule is CN(C[C@H]1CCN(C(=O)CCl)C1)C(=O)OCc1ccccc1. The molecule has 1 aromatic carbocycles.